The molecule has 0 unspecified atom stereocenters. The van der Waals surface area contributed by atoms with Gasteiger partial charge in [-0.15, -0.1) is 0 Å². The third-order valence-corrected chi connectivity index (χ3v) is 6.14. The smallest absolute Gasteiger partial charge is 0.261 e. The molecule has 0 aliphatic rings. The number of benzene rings is 3. The van der Waals surface area contributed by atoms with E-state index in [1.165, 1.54) is 12.1 Å². The van der Waals surface area contributed by atoms with Crippen LogP contribution in [0, 0.1) is 6.92 Å². The fourth-order valence-corrected chi connectivity index (χ4v) is 3.94. The molecule has 3 aromatic rings. The molecule has 2 N–H and O–H groups in total. The van der Waals surface area contributed by atoms with Gasteiger partial charge in [0.1, 0.15) is 0 Å². The summed E-state index contributed by atoms with van der Waals surface area (Å²) in [5.41, 5.74) is 3.77. The first-order valence-electron chi connectivity index (χ1n) is 9.66. The average Bonchev–Trinajstić information content (AvgIpc) is 2.69. The van der Waals surface area contributed by atoms with E-state index in [-0.39, 0.29) is 16.2 Å². The van der Waals surface area contributed by atoms with E-state index in [0.29, 0.717) is 16.9 Å². The molecule has 0 aliphatic heterocycles. The lowest BCUT2D eigenvalue weighted by molar-refractivity contribution is 0.102. The highest BCUT2D eigenvalue weighted by molar-refractivity contribution is 7.92. The van der Waals surface area contributed by atoms with E-state index in [1.54, 1.807) is 36.4 Å². The highest BCUT2D eigenvalue weighted by Gasteiger charge is 2.16. The van der Waals surface area contributed by atoms with Crippen LogP contribution >= 0.6 is 0 Å². The molecule has 5 nitrogen and oxygen atoms in total. The summed E-state index contributed by atoms with van der Waals surface area (Å²) in [6.45, 7) is 8.28. The largest absolute Gasteiger partial charge is 0.322 e. The number of amides is 1. The highest BCUT2D eigenvalue weighted by atomic mass is 32.2. The SMILES string of the molecule is Cc1ccc(NS(=O)(=O)c2ccc(NC(=O)c3ccc(C(C)(C)C)cc3)cc2)cc1. The number of sulfonamides is 1. The van der Waals surface area contributed by atoms with Gasteiger partial charge in [0, 0.05) is 16.9 Å². The van der Waals surface area contributed by atoms with Crippen LogP contribution in [0.3, 0.4) is 0 Å². The van der Waals surface area contributed by atoms with Crippen LogP contribution in [-0.4, -0.2) is 14.3 Å². The molecule has 0 bridgehead atoms. The first kappa shape index (κ1) is 21.6. The molecule has 0 saturated carbocycles. The summed E-state index contributed by atoms with van der Waals surface area (Å²) in [5.74, 6) is -0.246. The van der Waals surface area contributed by atoms with Gasteiger partial charge in [-0.05, 0) is 66.4 Å². The second-order valence-electron chi connectivity index (χ2n) is 8.28. The Morgan fingerprint density at radius 1 is 0.767 bits per heavy atom. The second-order valence-corrected chi connectivity index (χ2v) is 9.96. The predicted octanol–water partition coefficient (Wildman–Crippen LogP) is 5.35. The van der Waals surface area contributed by atoms with E-state index in [2.05, 4.69) is 30.8 Å². The first-order valence-corrected chi connectivity index (χ1v) is 11.1. The van der Waals surface area contributed by atoms with E-state index < -0.39 is 10.0 Å². The van der Waals surface area contributed by atoms with Crippen molar-refractivity contribution in [1.29, 1.82) is 0 Å². The zero-order chi connectivity index (χ0) is 21.9. The molecular weight excluding hydrogens is 396 g/mol. The van der Waals surface area contributed by atoms with Gasteiger partial charge in [0.25, 0.3) is 15.9 Å². The number of anilines is 2. The van der Waals surface area contributed by atoms with Gasteiger partial charge in [0.05, 0.1) is 4.90 Å². The van der Waals surface area contributed by atoms with Crippen molar-refractivity contribution in [3.63, 3.8) is 0 Å². The lowest BCUT2D eigenvalue weighted by Crippen LogP contribution is -2.15. The summed E-state index contributed by atoms with van der Waals surface area (Å²) in [4.78, 5) is 12.6. The molecule has 0 aromatic heterocycles. The molecular formula is C24H26N2O3S. The Balaban J connectivity index is 1.69. The maximum Gasteiger partial charge on any atom is 0.261 e. The fraction of sp³-hybridized carbons (Fsp3) is 0.208. The van der Waals surface area contributed by atoms with Gasteiger partial charge in [-0.25, -0.2) is 8.42 Å². The molecule has 0 spiro atoms. The lowest BCUT2D eigenvalue weighted by atomic mass is 9.87. The minimum Gasteiger partial charge on any atom is -0.322 e. The quantitative estimate of drug-likeness (QED) is 0.582. The molecule has 0 atom stereocenters. The van der Waals surface area contributed by atoms with Crippen LogP contribution < -0.4 is 10.0 Å². The maximum atomic E-state index is 12.6. The Bertz CT molecular complexity index is 1130. The Morgan fingerprint density at radius 3 is 1.83 bits per heavy atom. The van der Waals surface area contributed by atoms with Gasteiger partial charge in [-0.2, -0.15) is 0 Å². The van der Waals surface area contributed by atoms with Crippen LogP contribution in [0.25, 0.3) is 0 Å². The van der Waals surface area contributed by atoms with Gasteiger partial charge in [-0.3, -0.25) is 9.52 Å². The fourth-order valence-electron chi connectivity index (χ4n) is 2.88. The molecule has 0 heterocycles. The molecule has 3 aromatic carbocycles. The standard InChI is InChI=1S/C24H26N2O3S/c1-17-5-11-21(12-6-17)26-30(28,29)22-15-13-20(14-16-22)25-23(27)18-7-9-19(10-8-18)24(2,3)4/h5-16,26H,1-4H3,(H,25,27). The van der Waals surface area contributed by atoms with E-state index in [4.69, 9.17) is 0 Å². The number of nitrogens with one attached hydrogen (secondary N) is 2. The number of carbonyl (C=O) groups is 1. The van der Waals surface area contributed by atoms with Gasteiger partial charge in [0.2, 0.25) is 0 Å². The lowest BCUT2D eigenvalue weighted by Gasteiger charge is -2.19. The summed E-state index contributed by atoms with van der Waals surface area (Å²) < 4.78 is 27.7. The third-order valence-electron chi connectivity index (χ3n) is 4.74. The maximum absolute atomic E-state index is 12.6. The van der Waals surface area contributed by atoms with Gasteiger partial charge < -0.3 is 5.32 Å². The van der Waals surface area contributed by atoms with Gasteiger partial charge in [-0.1, -0.05) is 50.6 Å². The second kappa shape index (κ2) is 8.32. The Hall–Kier alpha value is -3.12. The number of hydrogen-bond donors (Lipinski definition) is 2. The minimum absolute atomic E-state index is 0.0168. The summed E-state index contributed by atoms with van der Waals surface area (Å²) in [6, 6.07) is 20.7. The number of rotatable bonds is 5. The Morgan fingerprint density at radius 2 is 1.30 bits per heavy atom. The van der Waals surface area contributed by atoms with Crippen LogP contribution in [0.4, 0.5) is 11.4 Å². The third kappa shape index (κ3) is 5.27. The van der Waals surface area contributed by atoms with E-state index >= 15 is 0 Å². The molecule has 3 rings (SSSR count). The number of aryl methyl sites for hydroxylation is 1. The minimum atomic E-state index is -3.71. The molecule has 0 radical (unpaired) electrons. The molecule has 1 amide bonds. The van der Waals surface area contributed by atoms with Crippen molar-refractivity contribution >= 4 is 27.3 Å². The van der Waals surface area contributed by atoms with Crippen molar-refractivity contribution in [2.75, 3.05) is 10.0 Å². The summed E-state index contributed by atoms with van der Waals surface area (Å²) >= 11 is 0. The Kier molecular flexibility index (Phi) is 5.99. The van der Waals surface area contributed by atoms with E-state index in [0.717, 1.165) is 11.1 Å². The van der Waals surface area contributed by atoms with Crippen molar-refractivity contribution in [3.8, 4) is 0 Å². The summed E-state index contributed by atoms with van der Waals surface area (Å²) in [6.07, 6.45) is 0. The topological polar surface area (TPSA) is 75.3 Å². The molecule has 0 saturated heterocycles. The first-order chi connectivity index (χ1) is 14.0. The normalized spacial score (nSPS) is 11.7. The zero-order valence-corrected chi connectivity index (χ0v) is 18.4. The van der Waals surface area contributed by atoms with E-state index in [1.807, 2.05) is 31.2 Å². The van der Waals surface area contributed by atoms with Crippen LogP contribution in [0.5, 0.6) is 0 Å². The molecule has 30 heavy (non-hydrogen) atoms. The summed E-state index contributed by atoms with van der Waals surface area (Å²) in [7, 11) is -3.71. The molecule has 6 heteroatoms. The summed E-state index contributed by atoms with van der Waals surface area (Å²) in [5, 5.41) is 2.80. The predicted molar refractivity (Wildman–Crippen MR) is 122 cm³/mol. The molecule has 156 valence electrons. The number of carbonyl (C=O) groups excluding carboxylic acids is 1. The van der Waals surface area contributed by atoms with Crippen LogP contribution in [-0.2, 0) is 15.4 Å². The number of hydrogen-bond acceptors (Lipinski definition) is 3. The van der Waals surface area contributed by atoms with Crippen molar-refractivity contribution in [1.82, 2.24) is 0 Å². The van der Waals surface area contributed by atoms with E-state index in [9.17, 15) is 13.2 Å². The van der Waals surface area contributed by atoms with Crippen LogP contribution in [0.1, 0.15) is 42.3 Å². The van der Waals surface area contributed by atoms with Crippen LogP contribution in [0.15, 0.2) is 77.7 Å². The van der Waals surface area contributed by atoms with Crippen molar-refractivity contribution in [2.45, 2.75) is 38.0 Å². The average molecular weight is 423 g/mol. The van der Waals surface area contributed by atoms with Crippen molar-refractivity contribution < 1.29 is 13.2 Å². The zero-order valence-electron chi connectivity index (χ0n) is 17.6. The Labute approximate surface area is 178 Å². The molecule has 0 fully saturated rings. The monoisotopic (exact) mass is 422 g/mol. The highest BCUT2D eigenvalue weighted by Crippen LogP contribution is 2.23. The van der Waals surface area contributed by atoms with Gasteiger partial charge >= 0.3 is 0 Å². The van der Waals surface area contributed by atoms with Gasteiger partial charge in [0.15, 0.2) is 0 Å². The van der Waals surface area contributed by atoms with Crippen LogP contribution in [0.2, 0.25) is 0 Å². The molecule has 0 aliphatic carbocycles. The van der Waals surface area contributed by atoms with Crippen molar-refractivity contribution in [2.24, 2.45) is 0 Å². The van der Waals surface area contributed by atoms with Crippen molar-refractivity contribution in [3.05, 3.63) is 89.5 Å².